The number of fused-ring (bicyclic) bond motifs is 1. The summed E-state index contributed by atoms with van der Waals surface area (Å²) in [6, 6.07) is 7.55. The van der Waals surface area contributed by atoms with E-state index in [1.807, 2.05) is 31.3 Å². The summed E-state index contributed by atoms with van der Waals surface area (Å²) in [4.78, 5) is 12.1. The zero-order valence-electron chi connectivity index (χ0n) is 10.2. The van der Waals surface area contributed by atoms with Crippen LogP contribution in [-0.4, -0.2) is 23.4 Å². The molecular weight excluding hydrogens is 214 g/mol. The van der Waals surface area contributed by atoms with Gasteiger partial charge in [-0.3, -0.25) is 4.79 Å². The quantitative estimate of drug-likeness (QED) is 0.861. The molecule has 0 aliphatic carbocycles. The molecule has 1 N–H and O–H groups in total. The van der Waals surface area contributed by atoms with Gasteiger partial charge in [0, 0.05) is 11.9 Å². The van der Waals surface area contributed by atoms with Gasteiger partial charge in [0.1, 0.15) is 0 Å². The summed E-state index contributed by atoms with van der Waals surface area (Å²) in [6.07, 6.45) is 1.75. The first-order chi connectivity index (χ1) is 8.22. The van der Waals surface area contributed by atoms with E-state index < -0.39 is 0 Å². The molecule has 0 aliphatic heterocycles. The van der Waals surface area contributed by atoms with Crippen molar-refractivity contribution in [2.75, 3.05) is 13.6 Å². The van der Waals surface area contributed by atoms with E-state index in [0.717, 1.165) is 17.3 Å². The number of benzene rings is 1. The minimum Gasteiger partial charge on any atom is -0.319 e. The predicted molar refractivity (Wildman–Crippen MR) is 69.1 cm³/mol. The number of aromatic nitrogens is 2. The van der Waals surface area contributed by atoms with Gasteiger partial charge in [-0.2, -0.15) is 5.10 Å². The van der Waals surface area contributed by atoms with Crippen molar-refractivity contribution in [3.05, 3.63) is 40.8 Å². The molecule has 1 unspecified atom stereocenters. The van der Waals surface area contributed by atoms with Crippen molar-refractivity contribution in [3.8, 4) is 0 Å². The van der Waals surface area contributed by atoms with Crippen LogP contribution in [0.1, 0.15) is 6.92 Å². The summed E-state index contributed by atoms with van der Waals surface area (Å²) in [7, 11) is 1.91. The number of rotatable bonds is 4. The zero-order chi connectivity index (χ0) is 12.3. The zero-order valence-corrected chi connectivity index (χ0v) is 10.2. The molecule has 1 aromatic heterocycles. The van der Waals surface area contributed by atoms with E-state index in [4.69, 9.17) is 0 Å². The van der Waals surface area contributed by atoms with E-state index >= 15 is 0 Å². The lowest BCUT2D eigenvalue weighted by Crippen LogP contribution is -2.29. The highest BCUT2D eigenvalue weighted by Crippen LogP contribution is 2.07. The molecule has 0 spiro atoms. The molecule has 1 heterocycles. The molecular formula is C13H17N3O. The van der Waals surface area contributed by atoms with Crippen LogP contribution in [-0.2, 0) is 6.54 Å². The first kappa shape index (κ1) is 11.8. The normalized spacial score (nSPS) is 12.8. The molecule has 0 radical (unpaired) electrons. The van der Waals surface area contributed by atoms with E-state index in [-0.39, 0.29) is 5.56 Å². The minimum absolute atomic E-state index is 0.00828. The molecule has 0 bridgehead atoms. The molecule has 2 rings (SSSR count). The fraction of sp³-hybridized carbons (Fsp3) is 0.385. The van der Waals surface area contributed by atoms with Gasteiger partial charge in [-0.05, 0) is 25.6 Å². The van der Waals surface area contributed by atoms with Gasteiger partial charge >= 0.3 is 0 Å². The molecule has 0 saturated heterocycles. The van der Waals surface area contributed by atoms with Crippen molar-refractivity contribution < 1.29 is 0 Å². The summed E-state index contributed by atoms with van der Waals surface area (Å²) in [5.41, 5.74) is -0.00828. The van der Waals surface area contributed by atoms with Crippen LogP contribution in [0.4, 0.5) is 0 Å². The van der Waals surface area contributed by atoms with Gasteiger partial charge < -0.3 is 5.32 Å². The minimum atomic E-state index is -0.00828. The smallest absolute Gasteiger partial charge is 0.274 e. The predicted octanol–water partition coefficient (Wildman–Crippen LogP) is 1.25. The summed E-state index contributed by atoms with van der Waals surface area (Å²) >= 11 is 0. The van der Waals surface area contributed by atoms with Crippen LogP contribution in [0, 0.1) is 5.92 Å². The number of nitrogens with one attached hydrogen (secondary N) is 1. The molecule has 2 aromatic rings. The maximum atomic E-state index is 12.1. The van der Waals surface area contributed by atoms with Crippen LogP contribution in [0.3, 0.4) is 0 Å². The summed E-state index contributed by atoms with van der Waals surface area (Å²) in [6.45, 7) is 3.62. The van der Waals surface area contributed by atoms with Crippen molar-refractivity contribution in [1.29, 1.82) is 0 Å². The van der Waals surface area contributed by atoms with Gasteiger partial charge in [-0.1, -0.05) is 25.1 Å². The topological polar surface area (TPSA) is 46.9 Å². The highest BCUT2D eigenvalue weighted by Gasteiger charge is 2.07. The molecule has 4 nitrogen and oxygen atoms in total. The van der Waals surface area contributed by atoms with Gasteiger partial charge in [0.15, 0.2) is 0 Å². The first-order valence-corrected chi connectivity index (χ1v) is 5.82. The van der Waals surface area contributed by atoms with Crippen molar-refractivity contribution in [1.82, 2.24) is 15.1 Å². The van der Waals surface area contributed by atoms with Crippen LogP contribution in [0.15, 0.2) is 35.3 Å². The highest BCUT2D eigenvalue weighted by molar-refractivity contribution is 5.80. The molecule has 0 saturated carbocycles. The Bertz CT molecular complexity index is 562. The third-order valence-electron chi connectivity index (χ3n) is 2.80. The fourth-order valence-electron chi connectivity index (χ4n) is 1.97. The largest absolute Gasteiger partial charge is 0.319 e. The Kier molecular flexibility index (Phi) is 3.54. The second kappa shape index (κ2) is 5.10. The fourth-order valence-corrected chi connectivity index (χ4v) is 1.97. The molecule has 17 heavy (non-hydrogen) atoms. The lowest BCUT2D eigenvalue weighted by molar-refractivity contribution is 0.424. The van der Waals surface area contributed by atoms with Crippen molar-refractivity contribution in [2.45, 2.75) is 13.5 Å². The van der Waals surface area contributed by atoms with Gasteiger partial charge in [-0.15, -0.1) is 0 Å². The van der Waals surface area contributed by atoms with Gasteiger partial charge in [0.2, 0.25) is 0 Å². The van der Waals surface area contributed by atoms with Crippen molar-refractivity contribution >= 4 is 10.8 Å². The Morgan fingerprint density at radius 3 is 2.94 bits per heavy atom. The van der Waals surface area contributed by atoms with E-state index in [2.05, 4.69) is 17.3 Å². The van der Waals surface area contributed by atoms with E-state index in [9.17, 15) is 4.79 Å². The number of nitrogens with zero attached hydrogens (tertiary/aromatic N) is 2. The summed E-state index contributed by atoms with van der Waals surface area (Å²) in [5.74, 6) is 0.381. The van der Waals surface area contributed by atoms with Gasteiger partial charge in [-0.25, -0.2) is 4.68 Å². The summed E-state index contributed by atoms with van der Waals surface area (Å²) < 4.78 is 1.55. The van der Waals surface area contributed by atoms with Gasteiger partial charge in [0.05, 0.1) is 11.6 Å². The Balaban J connectivity index is 2.36. The molecule has 4 heteroatoms. The Morgan fingerprint density at radius 1 is 1.41 bits per heavy atom. The van der Waals surface area contributed by atoms with Crippen LogP contribution < -0.4 is 10.9 Å². The van der Waals surface area contributed by atoms with Crippen molar-refractivity contribution in [2.24, 2.45) is 5.92 Å². The van der Waals surface area contributed by atoms with E-state index in [0.29, 0.717) is 12.5 Å². The first-order valence-electron chi connectivity index (χ1n) is 5.82. The molecule has 1 atom stereocenters. The Morgan fingerprint density at radius 2 is 2.18 bits per heavy atom. The highest BCUT2D eigenvalue weighted by atomic mass is 16.1. The molecule has 0 amide bonds. The van der Waals surface area contributed by atoms with Gasteiger partial charge in [0.25, 0.3) is 5.56 Å². The third kappa shape index (κ3) is 2.53. The average Bonchev–Trinajstić information content (AvgIpc) is 2.33. The Hall–Kier alpha value is -1.68. The molecule has 0 fully saturated rings. The van der Waals surface area contributed by atoms with Crippen LogP contribution in [0.5, 0.6) is 0 Å². The number of hydrogen-bond acceptors (Lipinski definition) is 3. The Labute approximate surface area is 100 Å². The average molecular weight is 231 g/mol. The van der Waals surface area contributed by atoms with Crippen LogP contribution in [0.2, 0.25) is 0 Å². The maximum Gasteiger partial charge on any atom is 0.274 e. The summed E-state index contributed by atoms with van der Waals surface area (Å²) in [5, 5.41) is 8.94. The van der Waals surface area contributed by atoms with Crippen LogP contribution in [0.25, 0.3) is 10.8 Å². The second-order valence-electron chi connectivity index (χ2n) is 4.38. The molecule has 1 aromatic carbocycles. The van der Waals surface area contributed by atoms with E-state index in [1.165, 1.54) is 0 Å². The second-order valence-corrected chi connectivity index (χ2v) is 4.38. The lowest BCUT2D eigenvalue weighted by Gasteiger charge is -2.12. The number of hydrogen-bond donors (Lipinski definition) is 1. The third-order valence-corrected chi connectivity index (χ3v) is 2.80. The molecule has 0 aliphatic rings. The monoisotopic (exact) mass is 231 g/mol. The van der Waals surface area contributed by atoms with Crippen molar-refractivity contribution in [3.63, 3.8) is 0 Å². The molecule has 90 valence electrons. The lowest BCUT2D eigenvalue weighted by atomic mass is 10.1. The SMILES string of the molecule is CNCC(C)Cn1ncc2ccccc2c1=O. The maximum absolute atomic E-state index is 12.1. The standard InChI is InChI=1S/C13H17N3O/c1-10(7-14-2)9-16-13(17)12-6-4-3-5-11(12)8-15-16/h3-6,8,10,14H,7,9H2,1-2H3. The van der Waals surface area contributed by atoms with Crippen LogP contribution >= 0.6 is 0 Å². The van der Waals surface area contributed by atoms with E-state index in [1.54, 1.807) is 10.9 Å².